The summed E-state index contributed by atoms with van der Waals surface area (Å²) in [7, 11) is 0. The standard InChI is InChI=1S/C17H29N2O3PS/c1-5-21-23(24,22-6-2)18-16-13-15(14(3)4)7-8-17(16)19-9-11-20-12-10-19/h7-8,13-14H,5-6,9-12H2,1-4H3,(H,18,24). The van der Waals surface area contributed by atoms with Crippen molar-refractivity contribution in [2.75, 3.05) is 49.5 Å². The third kappa shape index (κ3) is 5.17. The number of benzene rings is 1. The van der Waals surface area contributed by atoms with Crippen LogP contribution < -0.4 is 9.99 Å². The van der Waals surface area contributed by atoms with Crippen molar-refractivity contribution in [3.05, 3.63) is 23.8 Å². The van der Waals surface area contributed by atoms with Gasteiger partial charge >= 0.3 is 0 Å². The number of nitrogens with one attached hydrogen (secondary N) is 1. The van der Waals surface area contributed by atoms with Crippen molar-refractivity contribution in [1.29, 1.82) is 0 Å². The largest absolute Gasteiger partial charge is 0.378 e. The Hall–Kier alpha value is -0.650. The van der Waals surface area contributed by atoms with E-state index in [9.17, 15) is 0 Å². The minimum Gasteiger partial charge on any atom is -0.378 e. The number of hydrogen-bond acceptors (Lipinski definition) is 5. The molecule has 1 fully saturated rings. The zero-order valence-corrected chi connectivity index (χ0v) is 16.8. The van der Waals surface area contributed by atoms with Crippen molar-refractivity contribution in [1.82, 2.24) is 0 Å². The first kappa shape index (κ1) is 19.7. The van der Waals surface area contributed by atoms with Gasteiger partial charge in [-0.3, -0.25) is 0 Å². The summed E-state index contributed by atoms with van der Waals surface area (Å²) in [5, 5.41) is 3.42. The summed E-state index contributed by atoms with van der Waals surface area (Å²) >= 11 is 5.66. The Morgan fingerprint density at radius 3 is 2.38 bits per heavy atom. The van der Waals surface area contributed by atoms with Gasteiger partial charge in [-0.1, -0.05) is 19.9 Å². The molecule has 1 aromatic carbocycles. The molecular weight excluding hydrogens is 343 g/mol. The van der Waals surface area contributed by atoms with Crippen LogP contribution in [0.4, 0.5) is 11.4 Å². The predicted molar refractivity (Wildman–Crippen MR) is 105 cm³/mol. The zero-order valence-electron chi connectivity index (χ0n) is 15.1. The van der Waals surface area contributed by atoms with E-state index in [0.717, 1.165) is 37.7 Å². The Kier molecular flexibility index (Phi) is 7.51. The number of ether oxygens (including phenoxy) is 1. The second kappa shape index (κ2) is 9.16. The van der Waals surface area contributed by atoms with Crippen LogP contribution in [0.15, 0.2) is 18.2 Å². The van der Waals surface area contributed by atoms with Crippen LogP contribution in [0.1, 0.15) is 39.2 Å². The van der Waals surface area contributed by atoms with E-state index in [4.69, 9.17) is 25.6 Å². The average molecular weight is 372 g/mol. The summed E-state index contributed by atoms with van der Waals surface area (Å²) in [4.78, 5) is 2.33. The molecule has 1 aliphatic heterocycles. The zero-order chi connectivity index (χ0) is 17.6. The van der Waals surface area contributed by atoms with Gasteiger partial charge in [0.25, 0.3) is 6.64 Å². The fourth-order valence-corrected chi connectivity index (χ4v) is 4.96. The van der Waals surface area contributed by atoms with Gasteiger partial charge in [-0.15, -0.1) is 0 Å². The molecule has 0 unspecified atom stereocenters. The molecule has 1 saturated heterocycles. The van der Waals surface area contributed by atoms with Gasteiger partial charge < -0.3 is 23.8 Å². The van der Waals surface area contributed by atoms with Gasteiger partial charge in [-0.25, -0.2) is 0 Å². The third-order valence-corrected chi connectivity index (χ3v) is 6.51. The van der Waals surface area contributed by atoms with E-state index < -0.39 is 6.64 Å². The SMILES string of the molecule is CCOP(=S)(Nc1cc(C(C)C)ccc1N1CCOCC1)OCC. The number of nitrogens with zero attached hydrogens (tertiary/aromatic N) is 1. The highest BCUT2D eigenvalue weighted by atomic mass is 32.5. The normalized spacial score (nSPS) is 15.8. The van der Waals surface area contributed by atoms with Crippen LogP contribution in [0.3, 0.4) is 0 Å². The minimum atomic E-state index is -2.54. The Labute approximate surface area is 150 Å². The van der Waals surface area contributed by atoms with Crippen molar-refractivity contribution in [2.24, 2.45) is 0 Å². The van der Waals surface area contributed by atoms with Gasteiger partial charge in [0.1, 0.15) is 0 Å². The molecule has 0 aliphatic carbocycles. The highest BCUT2D eigenvalue weighted by molar-refractivity contribution is 8.10. The van der Waals surface area contributed by atoms with E-state index in [1.54, 1.807) is 0 Å². The van der Waals surface area contributed by atoms with E-state index in [1.165, 1.54) is 5.56 Å². The summed E-state index contributed by atoms with van der Waals surface area (Å²) < 4.78 is 17.0. The van der Waals surface area contributed by atoms with Crippen LogP contribution in [0.5, 0.6) is 0 Å². The maximum absolute atomic E-state index is 5.77. The van der Waals surface area contributed by atoms with Crippen LogP contribution >= 0.6 is 6.64 Å². The molecule has 2 rings (SSSR count). The van der Waals surface area contributed by atoms with E-state index in [-0.39, 0.29) is 0 Å². The van der Waals surface area contributed by atoms with Gasteiger partial charge in [0.05, 0.1) is 37.8 Å². The lowest BCUT2D eigenvalue weighted by Gasteiger charge is -2.32. The number of rotatable bonds is 8. The second-order valence-corrected chi connectivity index (χ2v) is 9.15. The molecule has 1 N–H and O–H groups in total. The highest BCUT2D eigenvalue weighted by Gasteiger charge is 2.23. The molecule has 1 aromatic rings. The average Bonchev–Trinajstić information content (AvgIpc) is 2.55. The van der Waals surface area contributed by atoms with Gasteiger partial charge in [0.15, 0.2) is 0 Å². The highest BCUT2D eigenvalue weighted by Crippen LogP contribution is 2.50. The topological polar surface area (TPSA) is 43.0 Å². The van der Waals surface area contributed by atoms with Crippen LogP contribution in [0.2, 0.25) is 0 Å². The van der Waals surface area contributed by atoms with Gasteiger partial charge in [-0.05, 0) is 49.3 Å². The maximum atomic E-state index is 5.77. The summed E-state index contributed by atoms with van der Waals surface area (Å²) in [6, 6.07) is 6.53. The number of hydrogen-bond donors (Lipinski definition) is 1. The third-order valence-electron chi connectivity index (χ3n) is 3.89. The molecule has 0 radical (unpaired) electrons. The quantitative estimate of drug-likeness (QED) is 0.684. The summed E-state index contributed by atoms with van der Waals surface area (Å²) in [6.45, 7) is 10.0. The molecule has 0 aromatic heterocycles. The van der Waals surface area contributed by atoms with Crippen LogP contribution in [0, 0.1) is 0 Å². The van der Waals surface area contributed by atoms with Gasteiger partial charge in [-0.2, -0.15) is 0 Å². The van der Waals surface area contributed by atoms with Crippen LogP contribution in [-0.4, -0.2) is 39.5 Å². The molecule has 5 nitrogen and oxygen atoms in total. The molecule has 0 spiro atoms. The molecule has 1 heterocycles. The lowest BCUT2D eigenvalue weighted by Crippen LogP contribution is -2.36. The number of anilines is 2. The molecule has 24 heavy (non-hydrogen) atoms. The lowest BCUT2D eigenvalue weighted by molar-refractivity contribution is 0.123. The lowest BCUT2D eigenvalue weighted by atomic mass is 10.0. The fourth-order valence-electron chi connectivity index (χ4n) is 2.67. The Bertz CT molecular complexity index is 567. The van der Waals surface area contributed by atoms with Crippen molar-refractivity contribution in [2.45, 2.75) is 33.6 Å². The molecule has 0 saturated carbocycles. The van der Waals surface area contributed by atoms with E-state index in [0.29, 0.717) is 19.1 Å². The summed E-state index contributed by atoms with van der Waals surface area (Å²) in [6.07, 6.45) is 0. The smallest absolute Gasteiger partial charge is 0.287 e. The van der Waals surface area contributed by atoms with Crippen molar-refractivity contribution < 1.29 is 13.8 Å². The van der Waals surface area contributed by atoms with Crippen molar-refractivity contribution >= 4 is 29.8 Å². The first-order chi connectivity index (χ1) is 11.5. The first-order valence-corrected chi connectivity index (χ1v) is 11.3. The molecule has 1 aliphatic rings. The second-order valence-electron chi connectivity index (χ2n) is 5.98. The summed E-state index contributed by atoms with van der Waals surface area (Å²) in [5.41, 5.74) is 3.40. The molecule has 7 heteroatoms. The van der Waals surface area contributed by atoms with Crippen LogP contribution in [-0.2, 0) is 25.6 Å². The van der Waals surface area contributed by atoms with Gasteiger partial charge in [0, 0.05) is 13.1 Å². The monoisotopic (exact) mass is 372 g/mol. The molecule has 0 amide bonds. The van der Waals surface area contributed by atoms with E-state index in [2.05, 4.69) is 42.0 Å². The van der Waals surface area contributed by atoms with Crippen molar-refractivity contribution in [3.8, 4) is 0 Å². The first-order valence-electron chi connectivity index (χ1n) is 8.63. The minimum absolute atomic E-state index is 0.446. The fraction of sp³-hybridized carbons (Fsp3) is 0.647. The molecule has 0 atom stereocenters. The summed E-state index contributed by atoms with van der Waals surface area (Å²) in [5.74, 6) is 0.446. The Morgan fingerprint density at radius 1 is 1.21 bits per heavy atom. The van der Waals surface area contributed by atoms with E-state index in [1.807, 2.05) is 13.8 Å². The molecule has 136 valence electrons. The van der Waals surface area contributed by atoms with Gasteiger partial charge in [0.2, 0.25) is 0 Å². The van der Waals surface area contributed by atoms with Crippen molar-refractivity contribution in [3.63, 3.8) is 0 Å². The van der Waals surface area contributed by atoms with E-state index >= 15 is 0 Å². The molecule has 0 bridgehead atoms. The maximum Gasteiger partial charge on any atom is 0.287 e. The Morgan fingerprint density at radius 2 is 1.83 bits per heavy atom. The number of morpholine rings is 1. The predicted octanol–water partition coefficient (Wildman–Crippen LogP) is 4.36. The Balaban J connectivity index is 2.35. The van der Waals surface area contributed by atoms with Crippen LogP contribution in [0.25, 0.3) is 0 Å². The molecular formula is C17H29N2O3PS.